The molecule has 0 amide bonds. The normalized spacial score (nSPS) is 12.2. The number of hydrogen-bond donors (Lipinski definition) is 3. The van der Waals surface area contributed by atoms with Crippen molar-refractivity contribution in [1.29, 1.82) is 0 Å². The quantitative estimate of drug-likeness (QED) is 0.349. The van der Waals surface area contributed by atoms with Gasteiger partial charge < -0.3 is 10.6 Å². The Morgan fingerprint density at radius 3 is 2.71 bits per heavy atom. The predicted octanol–water partition coefficient (Wildman–Crippen LogP) is -0.112. The second-order valence-electron chi connectivity index (χ2n) is 4.01. The van der Waals surface area contributed by atoms with Crippen LogP contribution in [0.25, 0.3) is 0 Å². The first-order valence-electron chi connectivity index (χ1n) is 6.43. The van der Waals surface area contributed by atoms with Crippen LogP contribution in [-0.2, 0) is 10.0 Å². The van der Waals surface area contributed by atoms with Gasteiger partial charge in [0.05, 0.1) is 0 Å². The summed E-state index contributed by atoms with van der Waals surface area (Å²) >= 11 is 1.74. The van der Waals surface area contributed by atoms with Crippen LogP contribution in [0.4, 0.5) is 0 Å². The Morgan fingerprint density at radius 1 is 1.33 bits per heavy atom. The largest absolute Gasteiger partial charge is 0.356 e. The fourth-order valence-corrected chi connectivity index (χ4v) is 2.75. The molecule has 0 saturated carbocycles. The van der Waals surface area contributed by atoms with Crippen LogP contribution in [0.3, 0.4) is 0 Å². The molecule has 0 fully saturated rings. The minimum absolute atomic E-state index is 0.160. The van der Waals surface area contributed by atoms with Crippen molar-refractivity contribution in [2.24, 2.45) is 4.99 Å². The zero-order valence-electron chi connectivity index (χ0n) is 12.2. The van der Waals surface area contributed by atoms with Crippen molar-refractivity contribution < 1.29 is 8.42 Å². The van der Waals surface area contributed by atoms with Gasteiger partial charge in [-0.2, -0.15) is 11.8 Å². The SMILES string of the molecule is CN=C(NCCNS(=O)(=O)c1cccnc1)NCCSC. The highest BCUT2D eigenvalue weighted by atomic mass is 32.2. The Morgan fingerprint density at radius 2 is 2.10 bits per heavy atom. The van der Waals surface area contributed by atoms with E-state index in [2.05, 4.69) is 25.3 Å². The molecule has 0 radical (unpaired) electrons. The summed E-state index contributed by atoms with van der Waals surface area (Å²) in [5, 5.41) is 6.17. The van der Waals surface area contributed by atoms with E-state index >= 15 is 0 Å². The third-order valence-corrected chi connectivity index (χ3v) is 4.54. The van der Waals surface area contributed by atoms with E-state index in [4.69, 9.17) is 0 Å². The van der Waals surface area contributed by atoms with E-state index in [0.29, 0.717) is 12.5 Å². The van der Waals surface area contributed by atoms with Crippen LogP contribution in [0.15, 0.2) is 34.4 Å². The van der Waals surface area contributed by atoms with Crippen LogP contribution in [0.5, 0.6) is 0 Å². The maximum absolute atomic E-state index is 11.9. The van der Waals surface area contributed by atoms with Gasteiger partial charge in [0.15, 0.2) is 5.96 Å². The minimum Gasteiger partial charge on any atom is -0.356 e. The Balaban J connectivity index is 2.33. The van der Waals surface area contributed by atoms with Gasteiger partial charge in [-0.3, -0.25) is 9.98 Å². The molecule has 0 aliphatic heterocycles. The molecule has 118 valence electrons. The van der Waals surface area contributed by atoms with Gasteiger partial charge >= 0.3 is 0 Å². The lowest BCUT2D eigenvalue weighted by Gasteiger charge is -2.12. The molecule has 1 aromatic heterocycles. The number of guanidine groups is 1. The fourth-order valence-electron chi connectivity index (χ4n) is 1.45. The van der Waals surface area contributed by atoms with Gasteiger partial charge in [0.1, 0.15) is 4.90 Å². The molecular formula is C12H21N5O2S2. The van der Waals surface area contributed by atoms with Gasteiger partial charge in [-0.05, 0) is 18.4 Å². The second-order valence-corrected chi connectivity index (χ2v) is 6.76. The van der Waals surface area contributed by atoms with Crippen molar-refractivity contribution in [2.75, 3.05) is 38.7 Å². The first-order valence-corrected chi connectivity index (χ1v) is 9.31. The van der Waals surface area contributed by atoms with E-state index in [0.717, 1.165) is 12.3 Å². The number of aromatic nitrogens is 1. The molecule has 0 bridgehead atoms. The van der Waals surface area contributed by atoms with Crippen LogP contribution in [-0.4, -0.2) is 58.1 Å². The van der Waals surface area contributed by atoms with Crippen molar-refractivity contribution in [3.63, 3.8) is 0 Å². The summed E-state index contributed by atoms with van der Waals surface area (Å²) in [5.74, 6) is 1.64. The van der Waals surface area contributed by atoms with Gasteiger partial charge in [-0.15, -0.1) is 0 Å². The van der Waals surface area contributed by atoms with E-state index < -0.39 is 10.0 Å². The third-order valence-electron chi connectivity index (χ3n) is 2.48. The maximum atomic E-state index is 11.9. The third kappa shape index (κ3) is 6.78. The zero-order chi connectivity index (χ0) is 15.6. The zero-order valence-corrected chi connectivity index (χ0v) is 13.8. The number of nitrogens with zero attached hydrogens (tertiary/aromatic N) is 2. The summed E-state index contributed by atoms with van der Waals surface area (Å²) in [6, 6.07) is 3.09. The molecule has 0 aliphatic rings. The molecule has 0 spiro atoms. The molecule has 0 atom stereocenters. The first kappa shape index (κ1) is 17.7. The molecule has 0 aromatic carbocycles. The number of rotatable bonds is 8. The number of sulfonamides is 1. The topological polar surface area (TPSA) is 95.5 Å². The lowest BCUT2D eigenvalue weighted by Crippen LogP contribution is -2.42. The Bertz CT molecular complexity index is 534. The Hall–Kier alpha value is -1.32. The predicted molar refractivity (Wildman–Crippen MR) is 87.2 cm³/mol. The van der Waals surface area contributed by atoms with E-state index in [-0.39, 0.29) is 11.4 Å². The van der Waals surface area contributed by atoms with Crippen molar-refractivity contribution in [2.45, 2.75) is 4.90 Å². The van der Waals surface area contributed by atoms with Crippen LogP contribution < -0.4 is 15.4 Å². The van der Waals surface area contributed by atoms with Gasteiger partial charge in [-0.25, -0.2) is 13.1 Å². The number of pyridine rings is 1. The highest BCUT2D eigenvalue weighted by Crippen LogP contribution is 2.04. The molecule has 0 unspecified atom stereocenters. The van der Waals surface area contributed by atoms with E-state index in [1.165, 1.54) is 18.5 Å². The van der Waals surface area contributed by atoms with Gasteiger partial charge in [0, 0.05) is 44.8 Å². The van der Waals surface area contributed by atoms with E-state index in [1.807, 2.05) is 6.26 Å². The number of hydrogen-bond acceptors (Lipinski definition) is 5. The number of thioether (sulfide) groups is 1. The fraction of sp³-hybridized carbons (Fsp3) is 0.500. The van der Waals surface area contributed by atoms with Gasteiger partial charge in [0.25, 0.3) is 0 Å². The molecule has 7 nitrogen and oxygen atoms in total. The molecule has 21 heavy (non-hydrogen) atoms. The summed E-state index contributed by atoms with van der Waals surface area (Å²) in [4.78, 5) is 8.01. The van der Waals surface area contributed by atoms with Crippen molar-refractivity contribution >= 4 is 27.7 Å². The summed E-state index contributed by atoms with van der Waals surface area (Å²) in [6.07, 6.45) is 4.88. The van der Waals surface area contributed by atoms with Crippen molar-refractivity contribution in [3.05, 3.63) is 24.5 Å². The highest BCUT2D eigenvalue weighted by molar-refractivity contribution is 7.98. The lowest BCUT2D eigenvalue weighted by atomic mass is 10.5. The smallest absolute Gasteiger partial charge is 0.242 e. The average molecular weight is 331 g/mol. The molecule has 9 heteroatoms. The van der Waals surface area contributed by atoms with E-state index in [9.17, 15) is 8.42 Å². The highest BCUT2D eigenvalue weighted by Gasteiger charge is 2.12. The average Bonchev–Trinajstić information content (AvgIpc) is 2.50. The molecule has 0 aliphatic carbocycles. The first-order chi connectivity index (χ1) is 10.1. The molecule has 1 rings (SSSR count). The summed E-state index contributed by atoms with van der Waals surface area (Å²) < 4.78 is 26.4. The molecule has 3 N–H and O–H groups in total. The summed E-state index contributed by atoms with van der Waals surface area (Å²) in [5.41, 5.74) is 0. The van der Waals surface area contributed by atoms with Gasteiger partial charge in [-0.1, -0.05) is 0 Å². The van der Waals surface area contributed by atoms with Crippen LogP contribution in [0.2, 0.25) is 0 Å². The van der Waals surface area contributed by atoms with Crippen molar-refractivity contribution in [3.8, 4) is 0 Å². The Kier molecular flexibility index (Phi) is 8.09. The summed E-state index contributed by atoms with van der Waals surface area (Å²) in [7, 11) is -1.83. The minimum atomic E-state index is -3.50. The monoisotopic (exact) mass is 331 g/mol. The maximum Gasteiger partial charge on any atom is 0.242 e. The molecular weight excluding hydrogens is 310 g/mol. The molecule has 0 saturated heterocycles. The standard InChI is InChI=1S/C12H21N5O2S2/c1-13-12(16-8-9-20-2)15-6-7-17-21(18,19)11-4-3-5-14-10-11/h3-5,10,17H,6-9H2,1-2H3,(H2,13,15,16). The van der Waals surface area contributed by atoms with Crippen molar-refractivity contribution in [1.82, 2.24) is 20.3 Å². The van der Waals surface area contributed by atoms with E-state index in [1.54, 1.807) is 24.9 Å². The van der Waals surface area contributed by atoms with Gasteiger partial charge in [0.2, 0.25) is 10.0 Å². The number of aliphatic imine (C=N–C) groups is 1. The second kappa shape index (κ2) is 9.59. The van der Waals surface area contributed by atoms with Crippen LogP contribution in [0.1, 0.15) is 0 Å². The van der Waals surface area contributed by atoms with Crippen LogP contribution >= 0.6 is 11.8 Å². The van der Waals surface area contributed by atoms with Crippen LogP contribution in [0, 0.1) is 0 Å². The molecule has 1 aromatic rings. The summed E-state index contributed by atoms with van der Waals surface area (Å²) in [6.45, 7) is 1.52. The molecule has 1 heterocycles. The Labute approximate surface area is 130 Å². The number of nitrogens with one attached hydrogen (secondary N) is 3. The lowest BCUT2D eigenvalue weighted by molar-refractivity contribution is 0.580.